The van der Waals surface area contributed by atoms with Crippen molar-refractivity contribution in [3.8, 4) is 5.75 Å². The lowest BCUT2D eigenvalue weighted by Gasteiger charge is -2.17. The van der Waals surface area contributed by atoms with Crippen molar-refractivity contribution in [2.45, 2.75) is 6.04 Å². The highest BCUT2D eigenvalue weighted by Crippen LogP contribution is 2.25. The molecule has 0 aromatic heterocycles. The van der Waals surface area contributed by atoms with Gasteiger partial charge in [0, 0.05) is 7.11 Å². The number of hydrogen-bond acceptors (Lipinski definition) is 5. The summed E-state index contributed by atoms with van der Waals surface area (Å²) in [5, 5.41) is 11.7. The Bertz CT molecular complexity index is 409. The van der Waals surface area contributed by atoms with Gasteiger partial charge in [-0.15, -0.1) is 0 Å². The summed E-state index contributed by atoms with van der Waals surface area (Å²) in [6.45, 7) is 0.0249. The molecule has 1 aromatic rings. The van der Waals surface area contributed by atoms with E-state index in [0.717, 1.165) is 0 Å². The molecule has 0 aliphatic rings. The van der Waals surface area contributed by atoms with Gasteiger partial charge in [0.05, 0.1) is 37.6 Å². The molecule has 0 fully saturated rings. The number of carbonyl (C=O) groups is 1. The molecule has 0 heterocycles. The summed E-state index contributed by atoms with van der Waals surface area (Å²) in [6.07, 6.45) is 0. The number of nitrogens with one attached hydrogen (secondary N) is 1. The van der Waals surface area contributed by atoms with E-state index >= 15 is 0 Å². The van der Waals surface area contributed by atoms with Gasteiger partial charge in [0.2, 0.25) is 0 Å². The van der Waals surface area contributed by atoms with E-state index in [1.54, 1.807) is 18.2 Å². The average molecular weight is 254 g/mol. The van der Waals surface area contributed by atoms with Crippen LogP contribution in [0.2, 0.25) is 0 Å². The van der Waals surface area contributed by atoms with E-state index in [9.17, 15) is 4.79 Å². The van der Waals surface area contributed by atoms with Crippen molar-refractivity contribution in [2.24, 2.45) is 0 Å². The number of hydrogen-bond donors (Lipinski definition) is 3. The quantitative estimate of drug-likeness (QED) is 0.622. The summed E-state index contributed by atoms with van der Waals surface area (Å²) >= 11 is 0. The van der Waals surface area contributed by atoms with Crippen molar-refractivity contribution in [3.05, 3.63) is 23.8 Å². The van der Waals surface area contributed by atoms with Crippen molar-refractivity contribution >= 4 is 11.6 Å². The Morgan fingerprint density at radius 2 is 2.22 bits per heavy atom. The predicted octanol–water partition coefficient (Wildman–Crippen LogP) is 0.0145. The Labute approximate surface area is 106 Å². The van der Waals surface area contributed by atoms with Crippen LogP contribution in [0.1, 0.15) is 10.4 Å². The first-order valence-corrected chi connectivity index (χ1v) is 5.47. The lowest BCUT2D eigenvalue weighted by Crippen LogP contribution is -2.40. The van der Waals surface area contributed by atoms with E-state index in [-0.39, 0.29) is 19.1 Å². The maximum Gasteiger partial charge on any atom is 0.255 e. The fourth-order valence-electron chi connectivity index (χ4n) is 1.57. The Morgan fingerprint density at radius 1 is 1.50 bits per heavy atom. The van der Waals surface area contributed by atoms with Crippen LogP contribution in [0.4, 0.5) is 5.69 Å². The Kier molecular flexibility index (Phi) is 5.41. The van der Waals surface area contributed by atoms with Crippen LogP contribution >= 0.6 is 0 Å². The van der Waals surface area contributed by atoms with Crippen molar-refractivity contribution in [3.63, 3.8) is 0 Å². The van der Waals surface area contributed by atoms with Gasteiger partial charge in [0.25, 0.3) is 5.91 Å². The number of anilines is 1. The minimum atomic E-state index is -0.464. The summed E-state index contributed by atoms with van der Waals surface area (Å²) in [4.78, 5) is 12.0. The molecule has 6 heteroatoms. The second-order valence-corrected chi connectivity index (χ2v) is 3.74. The normalized spacial score (nSPS) is 11.9. The minimum Gasteiger partial charge on any atom is -0.494 e. The molecule has 1 rings (SSSR count). The number of rotatable bonds is 6. The van der Waals surface area contributed by atoms with E-state index in [1.807, 2.05) is 0 Å². The minimum absolute atomic E-state index is 0.204. The summed E-state index contributed by atoms with van der Waals surface area (Å²) in [5.74, 6) is -0.0423. The summed E-state index contributed by atoms with van der Waals surface area (Å²) in [5.41, 5.74) is 6.43. The molecule has 18 heavy (non-hydrogen) atoms. The molecule has 0 aliphatic heterocycles. The molecular formula is C12H18N2O4. The third kappa shape index (κ3) is 3.35. The number of nitrogen functional groups attached to an aromatic ring is 1. The molecule has 100 valence electrons. The Hall–Kier alpha value is -1.79. The first-order valence-electron chi connectivity index (χ1n) is 5.47. The van der Waals surface area contributed by atoms with Gasteiger partial charge < -0.3 is 25.6 Å². The van der Waals surface area contributed by atoms with Gasteiger partial charge in [0.1, 0.15) is 0 Å². The number of aliphatic hydroxyl groups excluding tert-OH is 1. The van der Waals surface area contributed by atoms with E-state index in [0.29, 0.717) is 17.0 Å². The monoisotopic (exact) mass is 254 g/mol. The number of nitrogens with two attached hydrogens (primary N) is 1. The number of benzene rings is 1. The maximum atomic E-state index is 12.0. The summed E-state index contributed by atoms with van der Waals surface area (Å²) < 4.78 is 9.97. The zero-order chi connectivity index (χ0) is 13.5. The molecule has 0 aliphatic carbocycles. The number of para-hydroxylation sites is 1. The number of aliphatic hydroxyl groups is 1. The SMILES string of the molecule is COCC(CO)NC(=O)c1cccc(N)c1OC. The first-order chi connectivity index (χ1) is 8.63. The van der Waals surface area contributed by atoms with Gasteiger partial charge in [-0.25, -0.2) is 0 Å². The summed E-state index contributed by atoms with van der Waals surface area (Å²) in [7, 11) is 2.94. The zero-order valence-electron chi connectivity index (χ0n) is 10.5. The fraction of sp³-hybridized carbons (Fsp3) is 0.417. The van der Waals surface area contributed by atoms with Gasteiger partial charge in [-0.3, -0.25) is 4.79 Å². The van der Waals surface area contributed by atoms with Crippen LogP contribution in [-0.4, -0.2) is 44.5 Å². The molecule has 1 atom stereocenters. The summed E-state index contributed by atoms with van der Waals surface area (Å²) in [6, 6.07) is 4.45. The lowest BCUT2D eigenvalue weighted by molar-refractivity contribution is 0.0837. The second-order valence-electron chi connectivity index (χ2n) is 3.74. The fourth-order valence-corrected chi connectivity index (χ4v) is 1.57. The topological polar surface area (TPSA) is 93.8 Å². The van der Waals surface area contributed by atoms with Gasteiger partial charge >= 0.3 is 0 Å². The molecule has 6 nitrogen and oxygen atoms in total. The van der Waals surface area contributed by atoms with Crippen LogP contribution in [0, 0.1) is 0 Å². The number of ether oxygens (including phenoxy) is 2. The van der Waals surface area contributed by atoms with Gasteiger partial charge in [-0.1, -0.05) is 6.07 Å². The zero-order valence-corrected chi connectivity index (χ0v) is 10.5. The van der Waals surface area contributed by atoms with Gasteiger partial charge in [0.15, 0.2) is 5.75 Å². The second kappa shape index (κ2) is 6.83. The molecule has 1 unspecified atom stereocenters. The van der Waals surface area contributed by atoms with Crippen LogP contribution < -0.4 is 15.8 Å². The van der Waals surface area contributed by atoms with Gasteiger partial charge in [-0.05, 0) is 12.1 Å². The van der Waals surface area contributed by atoms with Crippen molar-refractivity contribution in [1.82, 2.24) is 5.32 Å². The van der Waals surface area contributed by atoms with Crippen molar-refractivity contribution in [1.29, 1.82) is 0 Å². The van der Waals surface area contributed by atoms with Crippen LogP contribution in [0.25, 0.3) is 0 Å². The third-order valence-corrected chi connectivity index (χ3v) is 2.42. The Balaban J connectivity index is 2.87. The molecule has 0 saturated heterocycles. The lowest BCUT2D eigenvalue weighted by atomic mass is 10.1. The average Bonchev–Trinajstić information content (AvgIpc) is 2.37. The molecule has 0 saturated carbocycles. The smallest absolute Gasteiger partial charge is 0.255 e. The molecule has 1 amide bonds. The number of methoxy groups -OCH3 is 2. The van der Waals surface area contributed by atoms with Crippen molar-refractivity contribution in [2.75, 3.05) is 33.2 Å². The number of carbonyl (C=O) groups excluding carboxylic acids is 1. The largest absolute Gasteiger partial charge is 0.494 e. The van der Waals surface area contributed by atoms with E-state index in [4.69, 9.17) is 20.3 Å². The predicted molar refractivity (Wildman–Crippen MR) is 67.6 cm³/mol. The highest BCUT2D eigenvalue weighted by atomic mass is 16.5. The molecule has 0 radical (unpaired) electrons. The van der Waals surface area contributed by atoms with E-state index in [1.165, 1.54) is 14.2 Å². The maximum absolute atomic E-state index is 12.0. The van der Waals surface area contributed by atoms with E-state index in [2.05, 4.69) is 5.32 Å². The van der Waals surface area contributed by atoms with Gasteiger partial charge in [-0.2, -0.15) is 0 Å². The molecule has 0 spiro atoms. The molecular weight excluding hydrogens is 236 g/mol. The molecule has 4 N–H and O–H groups in total. The highest BCUT2D eigenvalue weighted by molar-refractivity contribution is 5.98. The van der Waals surface area contributed by atoms with Crippen LogP contribution in [-0.2, 0) is 4.74 Å². The van der Waals surface area contributed by atoms with Crippen LogP contribution in [0.15, 0.2) is 18.2 Å². The standard InChI is InChI=1S/C12H18N2O4/c1-17-7-8(6-15)14-12(16)9-4-3-5-10(13)11(9)18-2/h3-5,8,15H,6-7,13H2,1-2H3,(H,14,16). The Morgan fingerprint density at radius 3 is 2.78 bits per heavy atom. The van der Waals surface area contributed by atoms with Crippen molar-refractivity contribution < 1.29 is 19.4 Å². The first kappa shape index (κ1) is 14.3. The van der Waals surface area contributed by atoms with Crippen LogP contribution in [0.5, 0.6) is 5.75 Å². The van der Waals surface area contributed by atoms with E-state index < -0.39 is 6.04 Å². The van der Waals surface area contributed by atoms with Crippen LogP contribution in [0.3, 0.4) is 0 Å². The molecule has 0 bridgehead atoms. The molecule has 1 aromatic carbocycles. The number of amides is 1. The highest BCUT2D eigenvalue weighted by Gasteiger charge is 2.17. The third-order valence-electron chi connectivity index (χ3n) is 2.42.